The van der Waals surface area contributed by atoms with E-state index in [-0.39, 0.29) is 25.5 Å². The van der Waals surface area contributed by atoms with Gasteiger partial charge in [-0.25, -0.2) is 0 Å². The van der Waals surface area contributed by atoms with Crippen molar-refractivity contribution in [1.29, 1.82) is 0 Å². The Morgan fingerprint density at radius 3 is 2.62 bits per heavy atom. The molecule has 138 valence electrons. The number of ether oxygens (including phenoxy) is 2. The number of hydrogen-bond donors (Lipinski definition) is 2. The molecule has 2 aromatic carbocycles. The van der Waals surface area contributed by atoms with E-state index in [0.29, 0.717) is 5.75 Å². The predicted molar refractivity (Wildman–Crippen MR) is 98.1 cm³/mol. The van der Waals surface area contributed by atoms with E-state index < -0.39 is 6.10 Å². The molecule has 2 aliphatic heterocycles. The highest BCUT2D eigenvalue weighted by Gasteiger charge is 2.35. The number of aliphatic hydroxyl groups is 2. The van der Waals surface area contributed by atoms with Crippen molar-refractivity contribution in [1.82, 2.24) is 4.90 Å². The zero-order valence-corrected chi connectivity index (χ0v) is 14.8. The summed E-state index contributed by atoms with van der Waals surface area (Å²) < 4.78 is 10.8. The van der Waals surface area contributed by atoms with Crippen LogP contribution in [0, 0.1) is 0 Å². The molecule has 4 rings (SSSR count). The number of aliphatic hydroxyl groups excluding tert-OH is 2. The summed E-state index contributed by atoms with van der Waals surface area (Å²) in [6, 6.07) is 15.5. The Hall–Kier alpha value is -2.08. The Balaban J connectivity index is 1.60. The molecule has 3 atom stereocenters. The molecular formula is C21H25NO4. The quantitative estimate of drug-likeness (QED) is 0.863. The molecule has 0 aromatic heterocycles. The van der Waals surface area contributed by atoms with Crippen LogP contribution >= 0.6 is 0 Å². The van der Waals surface area contributed by atoms with Crippen LogP contribution in [0.5, 0.6) is 11.5 Å². The molecule has 0 bridgehead atoms. The van der Waals surface area contributed by atoms with Gasteiger partial charge < -0.3 is 19.7 Å². The fourth-order valence-electron chi connectivity index (χ4n) is 4.10. The molecule has 5 nitrogen and oxygen atoms in total. The maximum absolute atomic E-state index is 11.1. The highest BCUT2D eigenvalue weighted by Crippen LogP contribution is 2.39. The van der Waals surface area contributed by atoms with Crippen LogP contribution in [0.2, 0.25) is 0 Å². The van der Waals surface area contributed by atoms with Gasteiger partial charge in [0, 0.05) is 6.04 Å². The Labute approximate surface area is 153 Å². The number of piperidine rings is 1. The first kappa shape index (κ1) is 17.3. The summed E-state index contributed by atoms with van der Waals surface area (Å²) in [4.78, 5) is 2.26. The first-order chi connectivity index (χ1) is 12.8. The third-order valence-electron chi connectivity index (χ3n) is 5.45. The van der Waals surface area contributed by atoms with E-state index in [0.717, 1.165) is 42.7 Å². The van der Waals surface area contributed by atoms with Crippen molar-refractivity contribution in [3.63, 3.8) is 0 Å². The van der Waals surface area contributed by atoms with Crippen LogP contribution in [-0.4, -0.2) is 41.1 Å². The summed E-state index contributed by atoms with van der Waals surface area (Å²) in [6.45, 7) is 1.13. The van der Waals surface area contributed by atoms with E-state index in [1.54, 1.807) is 0 Å². The van der Waals surface area contributed by atoms with Gasteiger partial charge in [0.25, 0.3) is 0 Å². The zero-order valence-electron chi connectivity index (χ0n) is 14.8. The molecule has 0 unspecified atom stereocenters. The number of rotatable bonds is 5. The third kappa shape index (κ3) is 3.30. The summed E-state index contributed by atoms with van der Waals surface area (Å²) in [7, 11) is 0. The summed E-state index contributed by atoms with van der Waals surface area (Å²) in [6.07, 6.45) is 2.42. The van der Waals surface area contributed by atoms with E-state index in [9.17, 15) is 10.2 Å². The first-order valence-corrected chi connectivity index (χ1v) is 9.27. The van der Waals surface area contributed by atoms with Crippen molar-refractivity contribution in [3.05, 3.63) is 59.7 Å². The molecule has 0 spiro atoms. The van der Waals surface area contributed by atoms with Gasteiger partial charge in [0.15, 0.2) is 11.5 Å². The van der Waals surface area contributed by atoms with E-state index >= 15 is 0 Å². The Morgan fingerprint density at radius 2 is 1.81 bits per heavy atom. The average Bonchev–Trinajstić information content (AvgIpc) is 3.17. The molecule has 2 aliphatic rings. The number of fused-ring (bicyclic) bond motifs is 1. The van der Waals surface area contributed by atoms with Gasteiger partial charge in [-0.2, -0.15) is 0 Å². The second-order valence-electron chi connectivity index (χ2n) is 6.97. The number of benzene rings is 2. The van der Waals surface area contributed by atoms with Gasteiger partial charge in [-0.05, 0) is 42.6 Å². The van der Waals surface area contributed by atoms with Crippen LogP contribution in [0.3, 0.4) is 0 Å². The minimum atomic E-state index is -0.637. The number of hydrogen-bond acceptors (Lipinski definition) is 5. The number of nitrogens with zero attached hydrogens (tertiary/aromatic N) is 1. The Morgan fingerprint density at radius 1 is 1.00 bits per heavy atom. The van der Waals surface area contributed by atoms with Crippen LogP contribution in [0.4, 0.5) is 0 Å². The highest BCUT2D eigenvalue weighted by molar-refractivity contribution is 5.45. The van der Waals surface area contributed by atoms with Gasteiger partial charge in [-0.1, -0.05) is 42.8 Å². The molecule has 1 fully saturated rings. The van der Waals surface area contributed by atoms with Gasteiger partial charge in [0.1, 0.15) is 0 Å². The molecule has 2 N–H and O–H groups in total. The maximum atomic E-state index is 11.1. The second kappa shape index (κ2) is 7.66. The molecular weight excluding hydrogens is 330 g/mol. The minimum Gasteiger partial charge on any atom is -0.454 e. The van der Waals surface area contributed by atoms with Crippen LogP contribution in [0.25, 0.3) is 0 Å². The SMILES string of the molecule is OC[C@@H](c1ccccc1)N1CCCC[C@@H]1[C@H](O)c1ccc2c(c1)OCO2. The third-order valence-corrected chi connectivity index (χ3v) is 5.45. The summed E-state index contributed by atoms with van der Waals surface area (Å²) in [5, 5.41) is 21.2. The lowest BCUT2D eigenvalue weighted by Crippen LogP contribution is -2.46. The normalized spacial score (nSPS) is 22.2. The fraction of sp³-hybridized carbons (Fsp3) is 0.429. The smallest absolute Gasteiger partial charge is 0.231 e. The maximum Gasteiger partial charge on any atom is 0.231 e. The fourth-order valence-corrected chi connectivity index (χ4v) is 4.10. The van der Waals surface area contributed by atoms with Crippen LogP contribution in [0.1, 0.15) is 42.5 Å². The van der Waals surface area contributed by atoms with Crippen molar-refractivity contribution in [3.8, 4) is 11.5 Å². The molecule has 26 heavy (non-hydrogen) atoms. The topological polar surface area (TPSA) is 62.2 Å². The minimum absolute atomic E-state index is 0.0361. The van der Waals surface area contributed by atoms with Crippen molar-refractivity contribution < 1.29 is 19.7 Å². The lowest BCUT2D eigenvalue weighted by atomic mass is 9.90. The second-order valence-corrected chi connectivity index (χ2v) is 6.97. The lowest BCUT2D eigenvalue weighted by Gasteiger charge is -2.43. The molecule has 0 saturated carbocycles. The van der Waals surface area contributed by atoms with Crippen LogP contribution in [-0.2, 0) is 0 Å². The average molecular weight is 355 g/mol. The zero-order chi connectivity index (χ0) is 17.9. The largest absolute Gasteiger partial charge is 0.454 e. The van der Waals surface area contributed by atoms with E-state index in [1.807, 2.05) is 48.5 Å². The molecule has 1 saturated heterocycles. The molecule has 2 heterocycles. The Kier molecular flexibility index (Phi) is 5.11. The molecule has 2 aromatic rings. The van der Waals surface area contributed by atoms with Gasteiger partial charge >= 0.3 is 0 Å². The monoisotopic (exact) mass is 355 g/mol. The van der Waals surface area contributed by atoms with E-state index in [4.69, 9.17) is 9.47 Å². The number of likely N-dealkylation sites (tertiary alicyclic amines) is 1. The standard InChI is InChI=1S/C21H25NO4/c23-13-18(15-6-2-1-3-7-15)22-11-5-4-8-17(22)21(24)16-9-10-19-20(12-16)26-14-25-19/h1-3,6-7,9-10,12,17-18,21,23-24H,4-5,8,11,13-14H2/t17-,18+,21-/m1/s1. The summed E-state index contributed by atoms with van der Waals surface area (Å²) in [5.74, 6) is 1.41. The van der Waals surface area contributed by atoms with Gasteiger partial charge in [-0.3, -0.25) is 4.90 Å². The molecule has 0 aliphatic carbocycles. The summed E-state index contributed by atoms with van der Waals surface area (Å²) >= 11 is 0. The van der Waals surface area contributed by atoms with Crippen molar-refractivity contribution in [2.24, 2.45) is 0 Å². The van der Waals surface area contributed by atoms with Gasteiger partial charge in [-0.15, -0.1) is 0 Å². The van der Waals surface area contributed by atoms with Gasteiger partial charge in [0.05, 0.1) is 18.8 Å². The molecule has 5 heteroatoms. The van der Waals surface area contributed by atoms with Crippen molar-refractivity contribution in [2.45, 2.75) is 37.5 Å². The predicted octanol–water partition coefficient (Wildman–Crippen LogP) is 3.04. The first-order valence-electron chi connectivity index (χ1n) is 9.27. The van der Waals surface area contributed by atoms with E-state index in [1.165, 1.54) is 0 Å². The molecule has 0 radical (unpaired) electrons. The summed E-state index contributed by atoms with van der Waals surface area (Å²) in [5.41, 5.74) is 1.91. The van der Waals surface area contributed by atoms with Crippen LogP contribution < -0.4 is 9.47 Å². The Bertz CT molecular complexity index is 736. The van der Waals surface area contributed by atoms with Crippen molar-refractivity contribution >= 4 is 0 Å². The highest BCUT2D eigenvalue weighted by atomic mass is 16.7. The molecule has 0 amide bonds. The van der Waals surface area contributed by atoms with Crippen LogP contribution in [0.15, 0.2) is 48.5 Å². The van der Waals surface area contributed by atoms with Crippen molar-refractivity contribution in [2.75, 3.05) is 19.9 Å². The lowest BCUT2D eigenvalue weighted by molar-refractivity contribution is -0.0158. The van der Waals surface area contributed by atoms with E-state index in [2.05, 4.69) is 4.90 Å². The van der Waals surface area contributed by atoms with Gasteiger partial charge in [0.2, 0.25) is 6.79 Å².